The van der Waals surface area contributed by atoms with E-state index in [0.717, 1.165) is 38.4 Å². The quantitative estimate of drug-likeness (QED) is 0.815. The number of morpholine rings is 1. The lowest BCUT2D eigenvalue weighted by Crippen LogP contribution is -2.41. The molecule has 1 aliphatic carbocycles. The van der Waals surface area contributed by atoms with Crippen molar-refractivity contribution in [2.45, 2.75) is 32.1 Å². The Morgan fingerprint density at radius 2 is 2.11 bits per heavy atom. The van der Waals surface area contributed by atoms with Crippen LogP contribution in [-0.2, 0) is 9.53 Å². The molecule has 1 saturated carbocycles. The molecule has 1 amide bonds. The number of ether oxygens (including phenoxy) is 1. The molecule has 2 heterocycles. The maximum atomic E-state index is 12.1. The first kappa shape index (κ1) is 12.4. The zero-order valence-corrected chi connectivity index (χ0v) is 11.1. The molecule has 3 aliphatic rings. The number of carbonyl (C=O) groups excluding carboxylic acids is 1. The van der Waals surface area contributed by atoms with Crippen LogP contribution < -0.4 is 5.32 Å². The lowest BCUT2D eigenvalue weighted by atomic mass is 9.62. The highest BCUT2D eigenvalue weighted by molar-refractivity contribution is 5.76. The van der Waals surface area contributed by atoms with Gasteiger partial charge in [-0.1, -0.05) is 6.42 Å². The van der Waals surface area contributed by atoms with E-state index in [1.54, 1.807) is 0 Å². The van der Waals surface area contributed by atoms with Gasteiger partial charge < -0.3 is 15.0 Å². The van der Waals surface area contributed by atoms with E-state index in [1.165, 1.54) is 25.8 Å². The van der Waals surface area contributed by atoms with Crippen LogP contribution in [0.15, 0.2) is 0 Å². The summed E-state index contributed by atoms with van der Waals surface area (Å²) in [5.74, 6) is 1.07. The van der Waals surface area contributed by atoms with Crippen LogP contribution in [0.1, 0.15) is 32.1 Å². The number of carbonyl (C=O) groups is 1. The summed E-state index contributed by atoms with van der Waals surface area (Å²) in [5.41, 5.74) is 0.561. The molecule has 2 aliphatic heterocycles. The van der Waals surface area contributed by atoms with Gasteiger partial charge in [0.2, 0.25) is 5.91 Å². The van der Waals surface area contributed by atoms with Gasteiger partial charge in [0.05, 0.1) is 13.2 Å². The van der Waals surface area contributed by atoms with Gasteiger partial charge in [-0.2, -0.15) is 0 Å². The number of hydrogen-bond acceptors (Lipinski definition) is 3. The standard InChI is InChI=1S/C14H24N2O2/c17-13(16-6-8-18-9-7-16)3-2-12-10-15-11-14(12)4-1-5-14/h12,15H,1-11H2. The van der Waals surface area contributed by atoms with Crippen LogP contribution in [0.2, 0.25) is 0 Å². The van der Waals surface area contributed by atoms with Crippen molar-refractivity contribution in [2.24, 2.45) is 11.3 Å². The fourth-order valence-electron chi connectivity index (χ4n) is 3.75. The lowest BCUT2D eigenvalue weighted by Gasteiger charge is -2.43. The molecule has 4 heteroatoms. The Morgan fingerprint density at radius 1 is 1.33 bits per heavy atom. The highest BCUT2D eigenvalue weighted by Gasteiger charge is 2.46. The molecule has 18 heavy (non-hydrogen) atoms. The first-order chi connectivity index (χ1) is 8.80. The van der Waals surface area contributed by atoms with Crippen molar-refractivity contribution in [1.82, 2.24) is 10.2 Å². The maximum Gasteiger partial charge on any atom is 0.222 e. The van der Waals surface area contributed by atoms with Crippen molar-refractivity contribution in [3.63, 3.8) is 0 Å². The Bertz CT molecular complexity index is 309. The maximum absolute atomic E-state index is 12.1. The molecule has 1 atom stereocenters. The van der Waals surface area contributed by atoms with Gasteiger partial charge in [-0.25, -0.2) is 0 Å². The molecule has 4 nitrogen and oxygen atoms in total. The Labute approximate surface area is 109 Å². The summed E-state index contributed by atoms with van der Waals surface area (Å²) in [5, 5.41) is 3.52. The van der Waals surface area contributed by atoms with E-state index >= 15 is 0 Å². The van der Waals surface area contributed by atoms with Crippen molar-refractivity contribution in [2.75, 3.05) is 39.4 Å². The Kier molecular flexibility index (Phi) is 3.57. The van der Waals surface area contributed by atoms with Crippen molar-refractivity contribution in [3.05, 3.63) is 0 Å². The number of hydrogen-bond donors (Lipinski definition) is 1. The van der Waals surface area contributed by atoms with Crippen molar-refractivity contribution >= 4 is 5.91 Å². The van der Waals surface area contributed by atoms with Gasteiger partial charge in [-0.3, -0.25) is 4.79 Å². The van der Waals surface area contributed by atoms with Gasteiger partial charge in [0, 0.05) is 26.1 Å². The molecular weight excluding hydrogens is 228 g/mol. The average Bonchev–Trinajstić information content (AvgIpc) is 2.80. The normalized spacial score (nSPS) is 30.4. The van der Waals surface area contributed by atoms with E-state index in [0.29, 0.717) is 24.5 Å². The van der Waals surface area contributed by atoms with E-state index in [4.69, 9.17) is 4.74 Å². The molecule has 0 aromatic rings. The van der Waals surface area contributed by atoms with E-state index in [1.807, 2.05) is 4.90 Å². The van der Waals surface area contributed by atoms with E-state index in [2.05, 4.69) is 5.32 Å². The minimum absolute atomic E-state index is 0.333. The summed E-state index contributed by atoms with van der Waals surface area (Å²) >= 11 is 0. The molecule has 0 bridgehead atoms. The monoisotopic (exact) mass is 252 g/mol. The third-order valence-electron chi connectivity index (χ3n) is 5.15. The molecule has 0 aromatic carbocycles. The van der Waals surface area contributed by atoms with Gasteiger partial charge in [0.15, 0.2) is 0 Å². The smallest absolute Gasteiger partial charge is 0.222 e. The van der Waals surface area contributed by atoms with Crippen LogP contribution in [0.5, 0.6) is 0 Å². The third kappa shape index (κ3) is 2.28. The summed E-state index contributed by atoms with van der Waals surface area (Å²) in [6.07, 6.45) is 5.93. The Morgan fingerprint density at radius 3 is 2.78 bits per heavy atom. The highest BCUT2D eigenvalue weighted by Crippen LogP contribution is 2.50. The predicted molar refractivity (Wildman–Crippen MR) is 69.3 cm³/mol. The van der Waals surface area contributed by atoms with E-state index < -0.39 is 0 Å². The van der Waals surface area contributed by atoms with E-state index in [-0.39, 0.29) is 0 Å². The second-order valence-electron chi connectivity index (χ2n) is 6.08. The van der Waals surface area contributed by atoms with E-state index in [9.17, 15) is 4.79 Å². The minimum atomic E-state index is 0.333. The number of rotatable bonds is 3. The SMILES string of the molecule is O=C(CCC1CNCC12CCC2)N1CCOCC1. The number of amides is 1. The third-order valence-corrected chi connectivity index (χ3v) is 5.15. The topological polar surface area (TPSA) is 41.6 Å². The molecule has 102 valence electrons. The molecule has 3 rings (SSSR count). The Balaban J connectivity index is 1.47. The molecule has 0 radical (unpaired) electrons. The zero-order chi connectivity index (χ0) is 12.4. The second-order valence-corrected chi connectivity index (χ2v) is 6.08. The van der Waals surface area contributed by atoms with Crippen molar-refractivity contribution in [1.29, 1.82) is 0 Å². The van der Waals surface area contributed by atoms with Crippen LogP contribution in [-0.4, -0.2) is 50.2 Å². The summed E-state index contributed by atoms with van der Waals surface area (Å²) in [4.78, 5) is 14.1. The Hall–Kier alpha value is -0.610. The van der Waals surface area contributed by atoms with Crippen LogP contribution in [0.25, 0.3) is 0 Å². The predicted octanol–water partition coefficient (Wildman–Crippen LogP) is 1.02. The van der Waals surface area contributed by atoms with Gasteiger partial charge in [-0.15, -0.1) is 0 Å². The largest absolute Gasteiger partial charge is 0.378 e. The highest BCUT2D eigenvalue weighted by atomic mass is 16.5. The van der Waals surface area contributed by atoms with Gasteiger partial charge in [-0.05, 0) is 37.1 Å². The first-order valence-electron chi connectivity index (χ1n) is 7.36. The van der Waals surface area contributed by atoms with Crippen LogP contribution in [0, 0.1) is 11.3 Å². The van der Waals surface area contributed by atoms with Crippen molar-refractivity contribution < 1.29 is 9.53 Å². The summed E-state index contributed by atoms with van der Waals surface area (Å²) in [7, 11) is 0. The fourth-order valence-corrected chi connectivity index (χ4v) is 3.75. The molecular formula is C14H24N2O2. The first-order valence-corrected chi connectivity index (χ1v) is 7.36. The van der Waals surface area contributed by atoms with Gasteiger partial charge in [0.25, 0.3) is 0 Å². The molecule has 2 saturated heterocycles. The van der Waals surface area contributed by atoms with Crippen LogP contribution in [0.3, 0.4) is 0 Å². The van der Waals surface area contributed by atoms with Crippen molar-refractivity contribution in [3.8, 4) is 0 Å². The molecule has 3 fully saturated rings. The van der Waals surface area contributed by atoms with Crippen LogP contribution >= 0.6 is 0 Å². The number of nitrogens with one attached hydrogen (secondary N) is 1. The number of nitrogens with zero attached hydrogens (tertiary/aromatic N) is 1. The molecule has 1 N–H and O–H groups in total. The minimum Gasteiger partial charge on any atom is -0.378 e. The molecule has 1 unspecified atom stereocenters. The van der Waals surface area contributed by atoms with Crippen LogP contribution in [0.4, 0.5) is 0 Å². The second kappa shape index (κ2) is 5.17. The molecule has 1 spiro atoms. The zero-order valence-electron chi connectivity index (χ0n) is 11.1. The average molecular weight is 252 g/mol. The fraction of sp³-hybridized carbons (Fsp3) is 0.929. The van der Waals surface area contributed by atoms with Gasteiger partial charge in [0.1, 0.15) is 0 Å². The summed E-state index contributed by atoms with van der Waals surface area (Å²) in [6, 6.07) is 0. The van der Waals surface area contributed by atoms with Gasteiger partial charge >= 0.3 is 0 Å². The lowest BCUT2D eigenvalue weighted by molar-refractivity contribution is -0.135. The summed E-state index contributed by atoms with van der Waals surface area (Å²) < 4.78 is 5.28. The summed E-state index contributed by atoms with van der Waals surface area (Å²) in [6.45, 7) is 5.29. The molecule has 0 aromatic heterocycles.